The molecular formula is C15H19N3OS. The largest absolute Gasteiger partial charge is 0.396 e. The summed E-state index contributed by atoms with van der Waals surface area (Å²) in [5, 5.41) is 11.4. The molecule has 106 valence electrons. The van der Waals surface area contributed by atoms with Crippen LogP contribution in [0.4, 0.5) is 5.82 Å². The van der Waals surface area contributed by atoms with Crippen molar-refractivity contribution in [1.29, 1.82) is 0 Å². The van der Waals surface area contributed by atoms with Gasteiger partial charge in [0.25, 0.3) is 0 Å². The summed E-state index contributed by atoms with van der Waals surface area (Å²) in [5.74, 6) is 1.39. The van der Waals surface area contributed by atoms with Crippen LogP contribution < -0.4 is 4.90 Å². The van der Waals surface area contributed by atoms with Crippen molar-refractivity contribution >= 4 is 17.2 Å². The summed E-state index contributed by atoms with van der Waals surface area (Å²) in [6.07, 6.45) is 6.91. The van der Waals surface area contributed by atoms with Crippen molar-refractivity contribution in [2.75, 3.05) is 24.6 Å². The van der Waals surface area contributed by atoms with E-state index < -0.39 is 0 Å². The fraction of sp³-hybridized carbons (Fsp3) is 0.467. The second kappa shape index (κ2) is 6.33. The van der Waals surface area contributed by atoms with Crippen LogP contribution in [0.5, 0.6) is 0 Å². The Morgan fingerprint density at radius 3 is 3.05 bits per heavy atom. The minimum absolute atomic E-state index is 0.300. The van der Waals surface area contributed by atoms with Crippen LogP contribution in [-0.2, 0) is 0 Å². The van der Waals surface area contributed by atoms with Gasteiger partial charge in [-0.15, -0.1) is 11.3 Å². The molecule has 1 aliphatic rings. The number of hydrogen-bond donors (Lipinski definition) is 1. The highest BCUT2D eigenvalue weighted by Crippen LogP contribution is 2.25. The molecule has 0 bridgehead atoms. The first kappa shape index (κ1) is 13.5. The van der Waals surface area contributed by atoms with Gasteiger partial charge in [0.05, 0.1) is 17.3 Å². The van der Waals surface area contributed by atoms with Gasteiger partial charge in [0.1, 0.15) is 11.5 Å². The molecule has 20 heavy (non-hydrogen) atoms. The summed E-state index contributed by atoms with van der Waals surface area (Å²) in [7, 11) is 0. The molecule has 1 aliphatic heterocycles. The molecular weight excluding hydrogens is 270 g/mol. The van der Waals surface area contributed by atoms with Gasteiger partial charge in [-0.2, -0.15) is 0 Å². The monoisotopic (exact) mass is 289 g/mol. The lowest BCUT2D eigenvalue weighted by molar-refractivity contribution is 0.215. The van der Waals surface area contributed by atoms with Crippen molar-refractivity contribution in [3.63, 3.8) is 0 Å². The molecule has 2 aromatic rings. The first-order chi connectivity index (χ1) is 9.86. The molecule has 0 radical (unpaired) electrons. The van der Waals surface area contributed by atoms with E-state index in [9.17, 15) is 5.11 Å². The predicted octanol–water partition coefficient (Wildman–Crippen LogP) is 2.80. The number of thiophene rings is 1. The van der Waals surface area contributed by atoms with E-state index in [4.69, 9.17) is 4.98 Å². The lowest BCUT2D eigenvalue weighted by atomic mass is 10.0. The number of aliphatic hydroxyl groups is 1. The van der Waals surface area contributed by atoms with Gasteiger partial charge in [0.2, 0.25) is 0 Å². The van der Waals surface area contributed by atoms with Gasteiger partial charge in [-0.25, -0.2) is 4.98 Å². The van der Waals surface area contributed by atoms with Crippen LogP contribution in [0.1, 0.15) is 19.3 Å². The van der Waals surface area contributed by atoms with Crippen LogP contribution in [0.15, 0.2) is 29.9 Å². The molecule has 1 fully saturated rings. The zero-order chi connectivity index (χ0) is 13.8. The SMILES string of the molecule is OCC1CCCN(c2cncc(-c3cccs3)n2)CC1. The van der Waals surface area contributed by atoms with Crippen molar-refractivity contribution in [1.82, 2.24) is 9.97 Å². The Balaban J connectivity index is 1.78. The van der Waals surface area contributed by atoms with Crippen molar-refractivity contribution in [2.45, 2.75) is 19.3 Å². The summed E-state index contributed by atoms with van der Waals surface area (Å²) in [6, 6.07) is 4.11. The van der Waals surface area contributed by atoms with Crippen molar-refractivity contribution in [2.24, 2.45) is 5.92 Å². The van der Waals surface area contributed by atoms with Crippen LogP contribution in [0.3, 0.4) is 0 Å². The van der Waals surface area contributed by atoms with Gasteiger partial charge >= 0.3 is 0 Å². The Labute approximate surface area is 123 Å². The minimum atomic E-state index is 0.300. The standard InChI is InChI=1S/C15H19N3OS/c19-11-12-3-1-6-18(7-5-12)15-10-16-9-13(17-15)14-4-2-8-20-14/h2,4,8-10,12,19H,1,3,5-7,11H2. The number of hydrogen-bond acceptors (Lipinski definition) is 5. The van der Waals surface area contributed by atoms with Gasteiger partial charge in [-0.05, 0) is 36.6 Å². The molecule has 3 heterocycles. The molecule has 0 aromatic carbocycles. The zero-order valence-electron chi connectivity index (χ0n) is 11.4. The highest BCUT2D eigenvalue weighted by atomic mass is 32.1. The second-order valence-corrected chi connectivity index (χ2v) is 6.15. The number of anilines is 1. The van der Waals surface area contributed by atoms with Gasteiger partial charge in [-0.1, -0.05) is 6.07 Å². The highest BCUT2D eigenvalue weighted by molar-refractivity contribution is 7.13. The quantitative estimate of drug-likeness (QED) is 0.944. The summed E-state index contributed by atoms with van der Waals surface area (Å²) in [4.78, 5) is 12.5. The van der Waals surface area contributed by atoms with Crippen LogP contribution in [0, 0.1) is 5.92 Å². The Hall–Kier alpha value is -1.46. The average molecular weight is 289 g/mol. The van der Waals surface area contributed by atoms with Crippen LogP contribution in [0.25, 0.3) is 10.6 Å². The van der Waals surface area contributed by atoms with E-state index in [1.165, 1.54) is 0 Å². The Morgan fingerprint density at radius 1 is 1.30 bits per heavy atom. The van der Waals surface area contributed by atoms with Crippen molar-refractivity contribution < 1.29 is 5.11 Å². The average Bonchev–Trinajstić information content (AvgIpc) is 2.92. The molecule has 4 nitrogen and oxygen atoms in total. The number of aromatic nitrogens is 2. The normalized spacial score (nSPS) is 19.9. The maximum atomic E-state index is 9.30. The molecule has 0 saturated carbocycles. The van der Waals surface area contributed by atoms with E-state index in [1.54, 1.807) is 11.3 Å². The number of rotatable bonds is 3. The fourth-order valence-electron chi connectivity index (χ4n) is 2.63. The van der Waals surface area contributed by atoms with Crippen molar-refractivity contribution in [3.05, 3.63) is 29.9 Å². The third-order valence-corrected chi connectivity index (χ3v) is 4.72. The van der Waals surface area contributed by atoms with Gasteiger partial charge in [-0.3, -0.25) is 4.98 Å². The van der Waals surface area contributed by atoms with Gasteiger partial charge in [0, 0.05) is 19.7 Å². The lowest BCUT2D eigenvalue weighted by Crippen LogP contribution is -2.25. The summed E-state index contributed by atoms with van der Waals surface area (Å²) in [5.41, 5.74) is 0.945. The van der Waals surface area contributed by atoms with E-state index in [2.05, 4.69) is 21.3 Å². The Morgan fingerprint density at radius 2 is 2.25 bits per heavy atom. The molecule has 2 aromatic heterocycles. The first-order valence-electron chi connectivity index (χ1n) is 7.08. The molecule has 1 atom stereocenters. The predicted molar refractivity (Wildman–Crippen MR) is 82.0 cm³/mol. The minimum Gasteiger partial charge on any atom is -0.396 e. The Kier molecular flexibility index (Phi) is 4.28. The van der Waals surface area contributed by atoms with Gasteiger partial charge in [0.15, 0.2) is 0 Å². The summed E-state index contributed by atoms with van der Waals surface area (Å²) < 4.78 is 0. The lowest BCUT2D eigenvalue weighted by Gasteiger charge is -2.21. The molecule has 5 heteroatoms. The van der Waals surface area contributed by atoms with E-state index in [0.717, 1.165) is 48.7 Å². The molecule has 1 unspecified atom stereocenters. The maximum absolute atomic E-state index is 9.30. The Bertz CT molecular complexity index is 544. The van der Waals surface area contributed by atoms with Crippen molar-refractivity contribution in [3.8, 4) is 10.6 Å². The van der Waals surface area contributed by atoms with E-state index in [0.29, 0.717) is 12.5 Å². The molecule has 3 rings (SSSR count). The van der Waals surface area contributed by atoms with Crippen LogP contribution >= 0.6 is 11.3 Å². The fourth-order valence-corrected chi connectivity index (χ4v) is 3.31. The zero-order valence-corrected chi connectivity index (χ0v) is 12.2. The first-order valence-corrected chi connectivity index (χ1v) is 7.96. The second-order valence-electron chi connectivity index (χ2n) is 5.21. The smallest absolute Gasteiger partial charge is 0.147 e. The van der Waals surface area contributed by atoms with E-state index >= 15 is 0 Å². The molecule has 1 N–H and O–H groups in total. The van der Waals surface area contributed by atoms with Crippen LogP contribution in [-0.4, -0.2) is 34.8 Å². The number of nitrogens with zero attached hydrogens (tertiary/aromatic N) is 3. The molecule has 1 saturated heterocycles. The summed E-state index contributed by atoms with van der Waals surface area (Å²) >= 11 is 1.69. The molecule has 0 spiro atoms. The topological polar surface area (TPSA) is 49.2 Å². The molecule has 0 aliphatic carbocycles. The van der Waals surface area contributed by atoms with Gasteiger partial charge < -0.3 is 10.0 Å². The maximum Gasteiger partial charge on any atom is 0.147 e. The van der Waals surface area contributed by atoms with Crippen LogP contribution in [0.2, 0.25) is 0 Å². The third kappa shape index (κ3) is 2.99. The highest BCUT2D eigenvalue weighted by Gasteiger charge is 2.18. The van der Waals surface area contributed by atoms with E-state index in [-0.39, 0.29) is 0 Å². The van der Waals surface area contributed by atoms with E-state index in [1.807, 2.05) is 18.5 Å². The molecule has 0 amide bonds. The third-order valence-electron chi connectivity index (χ3n) is 3.83. The summed E-state index contributed by atoms with van der Waals surface area (Å²) in [6.45, 7) is 2.25. The number of aliphatic hydroxyl groups excluding tert-OH is 1.